The summed E-state index contributed by atoms with van der Waals surface area (Å²) in [6.45, 7) is 7.27. The number of nitrogens with one attached hydrogen (secondary N) is 1. The summed E-state index contributed by atoms with van der Waals surface area (Å²) in [6.07, 6.45) is 3.57. The van der Waals surface area contributed by atoms with Gasteiger partial charge in [0.2, 0.25) is 0 Å². The van der Waals surface area contributed by atoms with Crippen LogP contribution in [0.15, 0.2) is 24.3 Å². The third kappa shape index (κ3) is 3.12. The van der Waals surface area contributed by atoms with E-state index in [1.807, 2.05) is 0 Å². The predicted molar refractivity (Wildman–Crippen MR) is 75.8 cm³/mol. The van der Waals surface area contributed by atoms with Gasteiger partial charge >= 0.3 is 0 Å². The van der Waals surface area contributed by atoms with Crippen LogP contribution < -0.4 is 5.32 Å². The number of ether oxygens (including phenoxy) is 1. The molecule has 0 saturated carbocycles. The minimum atomic E-state index is 0.450. The number of rotatable bonds is 5. The highest BCUT2D eigenvalue weighted by molar-refractivity contribution is 5.30. The van der Waals surface area contributed by atoms with Crippen molar-refractivity contribution in [2.24, 2.45) is 5.92 Å². The van der Waals surface area contributed by atoms with Gasteiger partial charge in [0, 0.05) is 18.6 Å². The first-order valence-electron chi connectivity index (χ1n) is 7.25. The topological polar surface area (TPSA) is 21.3 Å². The van der Waals surface area contributed by atoms with E-state index < -0.39 is 0 Å². The average molecular weight is 247 g/mol. The first-order chi connectivity index (χ1) is 8.86. The summed E-state index contributed by atoms with van der Waals surface area (Å²) in [6, 6.07) is 9.28. The molecule has 0 radical (unpaired) electrons. The van der Waals surface area contributed by atoms with Crippen molar-refractivity contribution >= 4 is 0 Å². The summed E-state index contributed by atoms with van der Waals surface area (Å²) in [4.78, 5) is 0. The van der Waals surface area contributed by atoms with Gasteiger partial charge in [-0.25, -0.2) is 0 Å². The summed E-state index contributed by atoms with van der Waals surface area (Å²) < 4.78 is 5.66. The molecule has 1 fully saturated rings. The Bertz CT molecular complexity index is 358. The van der Waals surface area contributed by atoms with Gasteiger partial charge in [-0.1, -0.05) is 38.1 Å². The van der Waals surface area contributed by atoms with Gasteiger partial charge in [0.1, 0.15) is 0 Å². The Morgan fingerprint density at radius 3 is 2.83 bits per heavy atom. The quantitative estimate of drug-likeness (QED) is 0.861. The van der Waals surface area contributed by atoms with Crippen molar-refractivity contribution in [1.29, 1.82) is 0 Å². The third-order valence-electron chi connectivity index (χ3n) is 3.86. The van der Waals surface area contributed by atoms with E-state index in [-0.39, 0.29) is 0 Å². The highest BCUT2D eigenvalue weighted by Gasteiger charge is 2.26. The summed E-state index contributed by atoms with van der Waals surface area (Å²) in [5.74, 6) is 0.617. The first kappa shape index (κ1) is 13.6. The third-order valence-corrected chi connectivity index (χ3v) is 3.86. The van der Waals surface area contributed by atoms with Crippen LogP contribution >= 0.6 is 0 Å². The zero-order valence-electron chi connectivity index (χ0n) is 11.6. The van der Waals surface area contributed by atoms with Crippen LogP contribution in [0, 0.1) is 5.92 Å². The average Bonchev–Trinajstić information content (AvgIpc) is 2.46. The second-order valence-electron chi connectivity index (χ2n) is 5.06. The van der Waals surface area contributed by atoms with Crippen molar-refractivity contribution in [1.82, 2.24) is 5.32 Å². The van der Waals surface area contributed by atoms with Crippen LogP contribution in [0.5, 0.6) is 0 Å². The van der Waals surface area contributed by atoms with E-state index in [2.05, 4.69) is 43.4 Å². The van der Waals surface area contributed by atoms with Gasteiger partial charge in [-0.3, -0.25) is 0 Å². The van der Waals surface area contributed by atoms with Gasteiger partial charge < -0.3 is 10.1 Å². The Hall–Kier alpha value is -0.860. The SMILES string of the molecule is CCNC(c1ccccc1CC)C1CCCOC1. The van der Waals surface area contributed by atoms with E-state index in [1.165, 1.54) is 24.0 Å². The Morgan fingerprint density at radius 2 is 2.17 bits per heavy atom. The summed E-state index contributed by atoms with van der Waals surface area (Å²) in [5, 5.41) is 3.66. The number of benzene rings is 1. The minimum Gasteiger partial charge on any atom is -0.381 e. The van der Waals surface area contributed by atoms with Crippen molar-refractivity contribution < 1.29 is 4.74 Å². The normalized spacial score (nSPS) is 21.8. The highest BCUT2D eigenvalue weighted by Crippen LogP contribution is 2.30. The molecule has 1 N–H and O–H groups in total. The molecule has 0 bridgehead atoms. The molecule has 1 heterocycles. The molecule has 1 aliphatic rings. The summed E-state index contributed by atoms with van der Waals surface area (Å²) in [7, 11) is 0. The molecule has 2 rings (SSSR count). The van der Waals surface area contributed by atoms with Gasteiger partial charge in [0.25, 0.3) is 0 Å². The van der Waals surface area contributed by atoms with E-state index in [0.717, 1.165) is 26.2 Å². The van der Waals surface area contributed by atoms with Crippen LogP contribution in [0.2, 0.25) is 0 Å². The molecule has 0 spiro atoms. The van der Waals surface area contributed by atoms with Gasteiger partial charge in [-0.05, 0) is 36.9 Å². The lowest BCUT2D eigenvalue weighted by Crippen LogP contribution is -2.34. The van der Waals surface area contributed by atoms with Crippen LogP contribution in [0.3, 0.4) is 0 Å². The second-order valence-corrected chi connectivity index (χ2v) is 5.06. The fraction of sp³-hybridized carbons (Fsp3) is 0.625. The Balaban J connectivity index is 2.22. The maximum absolute atomic E-state index is 5.66. The van der Waals surface area contributed by atoms with Crippen LogP contribution in [-0.4, -0.2) is 19.8 Å². The van der Waals surface area contributed by atoms with Gasteiger partial charge in [-0.15, -0.1) is 0 Å². The monoisotopic (exact) mass is 247 g/mol. The minimum absolute atomic E-state index is 0.450. The van der Waals surface area contributed by atoms with Crippen LogP contribution in [0.1, 0.15) is 43.9 Å². The van der Waals surface area contributed by atoms with Crippen molar-refractivity contribution in [3.8, 4) is 0 Å². The molecule has 1 saturated heterocycles. The summed E-state index contributed by atoms with van der Waals surface area (Å²) in [5.41, 5.74) is 2.94. The molecular formula is C16H25NO. The Morgan fingerprint density at radius 1 is 1.33 bits per heavy atom. The lowest BCUT2D eigenvalue weighted by Gasteiger charge is -2.32. The van der Waals surface area contributed by atoms with Crippen LogP contribution in [0.4, 0.5) is 0 Å². The van der Waals surface area contributed by atoms with Crippen molar-refractivity contribution in [3.63, 3.8) is 0 Å². The van der Waals surface area contributed by atoms with Gasteiger partial charge in [0.05, 0.1) is 6.61 Å². The largest absolute Gasteiger partial charge is 0.381 e. The van der Waals surface area contributed by atoms with Gasteiger partial charge in [-0.2, -0.15) is 0 Å². The molecule has 0 amide bonds. The Labute approximate surface area is 111 Å². The van der Waals surface area contributed by atoms with Crippen molar-refractivity contribution in [2.75, 3.05) is 19.8 Å². The molecule has 2 atom stereocenters. The zero-order valence-corrected chi connectivity index (χ0v) is 11.6. The molecule has 18 heavy (non-hydrogen) atoms. The standard InChI is InChI=1S/C16H25NO/c1-3-13-8-5-6-10-15(13)16(17-4-2)14-9-7-11-18-12-14/h5-6,8,10,14,16-17H,3-4,7,9,11-12H2,1-2H3. The van der Waals surface area contributed by atoms with Gasteiger partial charge in [0.15, 0.2) is 0 Å². The number of hydrogen-bond acceptors (Lipinski definition) is 2. The van der Waals surface area contributed by atoms with Crippen LogP contribution in [-0.2, 0) is 11.2 Å². The number of aryl methyl sites for hydroxylation is 1. The van der Waals surface area contributed by atoms with E-state index in [9.17, 15) is 0 Å². The fourth-order valence-corrected chi connectivity index (χ4v) is 2.94. The number of hydrogen-bond donors (Lipinski definition) is 1. The van der Waals surface area contributed by atoms with E-state index in [1.54, 1.807) is 0 Å². The lowest BCUT2D eigenvalue weighted by atomic mass is 9.86. The molecule has 1 aromatic carbocycles. The summed E-state index contributed by atoms with van der Waals surface area (Å²) >= 11 is 0. The maximum Gasteiger partial charge on any atom is 0.0512 e. The lowest BCUT2D eigenvalue weighted by molar-refractivity contribution is 0.0391. The van der Waals surface area contributed by atoms with Crippen molar-refractivity contribution in [3.05, 3.63) is 35.4 Å². The molecule has 2 unspecified atom stereocenters. The molecule has 0 aromatic heterocycles. The molecule has 100 valence electrons. The molecule has 1 aromatic rings. The molecule has 2 nitrogen and oxygen atoms in total. The van der Waals surface area contributed by atoms with E-state index in [4.69, 9.17) is 4.74 Å². The first-order valence-corrected chi connectivity index (χ1v) is 7.25. The highest BCUT2D eigenvalue weighted by atomic mass is 16.5. The van der Waals surface area contributed by atoms with E-state index >= 15 is 0 Å². The molecule has 0 aliphatic carbocycles. The maximum atomic E-state index is 5.66. The van der Waals surface area contributed by atoms with Crippen molar-refractivity contribution in [2.45, 2.75) is 39.2 Å². The fourth-order valence-electron chi connectivity index (χ4n) is 2.94. The predicted octanol–water partition coefficient (Wildman–Crippen LogP) is 3.33. The molecule has 2 heteroatoms. The zero-order chi connectivity index (χ0) is 12.8. The molecular weight excluding hydrogens is 222 g/mol. The second kappa shape index (κ2) is 6.91. The smallest absolute Gasteiger partial charge is 0.0512 e. The van der Waals surface area contributed by atoms with E-state index in [0.29, 0.717) is 12.0 Å². The Kier molecular flexibility index (Phi) is 5.21. The van der Waals surface area contributed by atoms with Crippen LogP contribution in [0.25, 0.3) is 0 Å². The molecule has 1 aliphatic heterocycles.